The zero-order valence-electron chi connectivity index (χ0n) is 13.0. The van der Waals surface area contributed by atoms with Crippen molar-refractivity contribution in [2.75, 3.05) is 26.7 Å². The van der Waals surface area contributed by atoms with E-state index in [0.29, 0.717) is 25.6 Å². The number of aliphatic hydroxyl groups excluding tert-OH is 1. The number of carbonyl (C=O) groups is 1. The van der Waals surface area contributed by atoms with Gasteiger partial charge in [-0.05, 0) is 30.7 Å². The number of hydrogen-bond donors (Lipinski definition) is 2. The number of carbonyl (C=O) groups excluding carboxylic acids is 1. The lowest BCUT2D eigenvalue weighted by molar-refractivity contribution is -0.122. The quantitative estimate of drug-likeness (QED) is 0.774. The summed E-state index contributed by atoms with van der Waals surface area (Å²) in [4.78, 5) is 13.7. The van der Waals surface area contributed by atoms with Crippen molar-refractivity contribution in [3.8, 4) is 11.8 Å². The Morgan fingerprint density at radius 3 is 2.57 bits per heavy atom. The molecule has 2 N–H and O–H groups in total. The predicted octanol–water partition coefficient (Wildman–Crippen LogP) is 1.23. The predicted molar refractivity (Wildman–Crippen MR) is 84.6 cm³/mol. The third-order valence-electron chi connectivity index (χ3n) is 2.84. The van der Waals surface area contributed by atoms with Gasteiger partial charge in [-0.2, -0.15) is 0 Å². The van der Waals surface area contributed by atoms with Crippen LogP contribution < -0.4 is 5.32 Å². The Hall–Kier alpha value is -1.83. The van der Waals surface area contributed by atoms with Crippen LogP contribution in [0.25, 0.3) is 0 Å². The molecule has 0 saturated heterocycles. The van der Waals surface area contributed by atoms with Crippen LogP contribution in [0.5, 0.6) is 0 Å². The number of likely N-dealkylation sites (N-methyl/N-ethyl adjacent to an activating group) is 1. The van der Waals surface area contributed by atoms with Crippen molar-refractivity contribution in [3.63, 3.8) is 0 Å². The molecule has 0 bridgehead atoms. The highest BCUT2D eigenvalue weighted by molar-refractivity contribution is 5.77. The topological polar surface area (TPSA) is 52.6 Å². The molecule has 4 heteroatoms. The maximum absolute atomic E-state index is 11.7. The average Bonchev–Trinajstić information content (AvgIpc) is 2.44. The Labute approximate surface area is 127 Å². The van der Waals surface area contributed by atoms with Crippen molar-refractivity contribution in [2.45, 2.75) is 20.4 Å². The lowest BCUT2D eigenvalue weighted by atomic mass is 10.1. The van der Waals surface area contributed by atoms with Gasteiger partial charge in [-0.15, -0.1) is 0 Å². The minimum atomic E-state index is -0.129. The van der Waals surface area contributed by atoms with Crippen LogP contribution in [-0.4, -0.2) is 42.7 Å². The third kappa shape index (κ3) is 7.50. The van der Waals surface area contributed by atoms with Crippen LogP contribution in [0.15, 0.2) is 24.3 Å². The first kappa shape index (κ1) is 17.2. The molecule has 4 nitrogen and oxygen atoms in total. The second-order valence-electron chi connectivity index (χ2n) is 5.53. The van der Waals surface area contributed by atoms with Crippen LogP contribution in [-0.2, 0) is 11.3 Å². The molecule has 0 spiro atoms. The zero-order chi connectivity index (χ0) is 15.7. The molecule has 0 saturated carbocycles. The molecule has 0 heterocycles. The molecule has 0 unspecified atom stereocenters. The van der Waals surface area contributed by atoms with E-state index in [2.05, 4.69) is 31.0 Å². The zero-order valence-corrected chi connectivity index (χ0v) is 13.0. The second-order valence-corrected chi connectivity index (χ2v) is 5.53. The van der Waals surface area contributed by atoms with E-state index in [1.165, 1.54) is 0 Å². The molecule has 0 atom stereocenters. The number of aliphatic hydroxyl groups is 1. The Balaban J connectivity index is 2.43. The molecule has 1 amide bonds. The van der Waals surface area contributed by atoms with Crippen molar-refractivity contribution in [3.05, 3.63) is 35.4 Å². The third-order valence-corrected chi connectivity index (χ3v) is 2.84. The van der Waals surface area contributed by atoms with Crippen molar-refractivity contribution in [1.82, 2.24) is 10.2 Å². The molecular formula is C17H24N2O2. The lowest BCUT2D eigenvalue weighted by Gasteiger charge is -2.17. The summed E-state index contributed by atoms with van der Waals surface area (Å²) < 4.78 is 0. The second kappa shape index (κ2) is 9.17. The summed E-state index contributed by atoms with van der Waals surface area (Å²) in [5, 5.41) is 11.6. The monoisotopic (exact) mass is 288 g/mol. The largest absolute Gasteiger partial charge is 0.384 e. The van der Waals surface area contributed by atoms with Gasteiger partial charge in [0.1, 0.15) is 6.61 Å². The van der Waals surface area contributed by atoms with Crippen LogP contribution >= 0.6 is 0 Å². The molecular weight excluding hydrogens is 264 g/mol. The van der Waals surface area contributed by atoms with Crippen LogP contribution in [0.3, 0.4) is 0 Å². The minimum absolute atomic E-state index is 0.0524. The van der Waals surface area contributed by atoms with Crippen molar-refractivity contribution in [1.29, 1.82) is 0 Å². The molecule has 114 valence electrons. The van der Waals surface area contributed by atoms with Gasteiger partial charge in [-0.1, -0.05) is 37.8 Å². The van der Waals surface area contributed by atoms with Crippen molar-refractivity contribution >= 4 is 5.91 Å². The fraction of sp³-hybridized carbons (Fsp3) is 0.471. The summed E-state index contributed by atoms with van der Waals surface area (Å²) in [5.74, 6) is 5.99. The van der Waals surface area contributed by atoms with E-state index in [1.807, 2.05) is 36.2 Å². The van der Waals surface area contributed by atoms with Gasteiger partial charge in [0, 0.05) is 18.7 Å². The Bertz CT molecular complexity index is 498. The van der Waals surface area contributed by atoms with Crippen LogP contribution in [0.2, 0.25) is 0 Å². The summed E-state index contributed by atoms with van der Waals surface area (Å²) in [6.07, 6.45) is 0. The van der Waals surface area contributed by atoms with Gasteiger partial charge in [0.2, 0.25) is 5.91 Å². The fourth-order valence-corrected chi connectivity index (χ4v) is 1.82. The number of nitrogens with zero attached hydrogens (tertiary/aromatic N) is 1. The number of hydrogen-bond acceptors (Lipinski definition) is 3. The van der Waals surface area contributed by atoms with Crippen molar-refractivity contribution < 1.29 is 9.90 Å². The maximum Gasteiger partial charge on any atom is 0.234 e. The van der Waals surface area contributed by atoms with Gasteiger partial charge in [0.25, 0.3) is 0 Å². The van der Waals surface area contributed by atoms with Gasteiger partial charge in [-0.3, -0.25) is 9.69 Å². The van der Waals surface area contributed by atoms with E-state index in [4.69, 9.17) is 5.11 Å². The molecule has 1 rings (SSSR count). The van der Waals surface area contributed by atoms with E-state index in [0.717, 1.165) is 11.1 Å². The van der Waals surface area contributed by atoms with E-state index in [-0.39, 0.29) is 12.5 Å². The number of amides is 1. The van der Waals surface area contributed by atoms with E-state index in [9.17, 15) is 4.79 Å². The van der Waals surface area contributed by atoms with Crippen LogP contribution in [0, 0.1) is 17.8 Å². The molecule has 0 radical (unpaired) electrons. The van der Waals surface area contributed by atoms with Crippen LogP contribution in [0.4, 0.5) is 0 Å². The molecule has 0 aliphatic heterocycles. The van der Waals surface area contributed by atoms with E-state index in [1.54, 1.807) is 0 Å². The SMILES string of the molecule is CC(C)CNC(=O)CN(C)Cc1ccc(C#CCO)cc1. The molecule has 1 aromatic carbocycles. The Morgan fingerprint density at radius 2 is 2.00 bits per heavy atom. The number of nitrogens with one attached hydrogen (secondary N) is 1. The highest BCUT2D eigenvalue weighted by Crippen LogP contribution is 2.06. The summed E-state index contributed by atoms with van der Waals surface area (Å²) in [6.45, 7) is 5.83. The normalized spacial score (nSPS) is 10.4. The maximum atomic E-state index is 11.7. The van der Waals surface area contributed by atoms with Gasteiger partial charge >= 0.3 is 0 Å². The summed E-state index contributed by atoms with van der Waals surface area (Å²) in [5.41, 5.74) is 2.01. The number of benzene rings is 1. The van der Waals surface area contributed by atoms with Gasteiger partial charge in [0.15, 0.2) is 0 Å². The Morgan fingerprint density at radius 1 is 1.33 bits per heavy atom. The molecule has 0 aliphatic carbocycles. The minimum Gasteiger partial charge on any atom is -0.384 e. The molecule has 21 heavy (non-hydrogen) atoms. The standard InChI is InChI=1S/C17H24N2O2/c1-14(2)11-18-17(21)13-19(3)12-16-8-6-15(7-9-16)5-4-10-20/h6-9,14,20H,10-13H2,1-3H3,(H,18,21). The van der Waals surface area contributed by atoms with Crippen molar-refractivity contribution in [2.24, 2.45) is 5.92 Å². The summed E-state index contributed by atoms with van der Waals surface area (Å²) in [7, 11) is 1.93. The summed E-state index contributed by atoms with van der Waals surface area (Å²) >= 11 is 0. The smallest absolute Gasteiger partial charge is 0.234 e. The first-order chi connectivity index (χ1) is 10.0. The first-order valence-corrected chi connectivity index (χ1v) is 7.15. The highest BCUT2D eigenvalue weighted by Gasteiger charge is 2.07. The first-order valence-electron chi connectivity index (χ1n) is 7.15. The average molecular weight is 288 g/mol. The lowest BCUT2D eigenvalue weighted by Crippen LogP contribution is -2.36. The fourth-order valence-electron chi connectivity index (χ4n) is 1.82. The number of rotatable bonds is 6. The van der Waals surface area contributed by atoms with E-state index < -0.39 is 0 Å². The van der Waals surface area contributed by atoms with Gasteiger partial charge in [-0.25, -0.2) is 0 Å². The Kier molecular flexibility index (Phi) is 7.52. The highest BCUT2D eigenvalue weighted by atomic mass is 16.2. The molecule has 0 aliphatic rings. The molecule has 0 aromatic heterocycles. The van der Waals surface area contributed by atoms with E-state index >= 15 is 0 Å². The molecule has 1 aromatic rings. The van der Waals surface area contributed by atoms with Crippen LogP contribution in [0.1, 0.15) is 25.0 Å². The van der Waals surface area contributed by atoms with Gasteiger partial charge < -0.3 is 10.4 Å². The molecule has 0 fully saturated rings. The van der Waals surface area contributed by atoms with Gasteiger partial charge in [0.05, 0.1) is 6.54 Å². The summed E-state index contributed by atoms with van der Waals surface area (Å²) in [6, 6.07) is 7.82.